The molecule has 6 heteroatoms. The van der Waals surface area contributed by atoms with E-state index < -0.39 is 11.6 Å². The van der Waals surface area contributed by atoms with Crippen LogP contribution in [-0.4, -0.2) is 30.0 Å². The number of benzene rings is 1. The molecule has 1 unspecified atom stereocenters. The van der Waals surface area contributed by atoms with Crippen LogP contribution in [0.25, 0.3) is 0 Å². The highest BCUT2D eigenvalue weighted by Crippen LogP contribution is 2.39. The van der Waals surface area contributed by atoms with E-state index in [0.29, 0.717) is 11.9 Å². The van der Waals surface area contributed by atoms with E-state index in [1.807, 2.05) is 0 Å². The van der Waals surface area contributed by atoms with Crippen LogP contribution in [0.5, 0.6) is 0 Å². The Morgan fingerprint density at radius 1 is 1.22 bits per heavy atom. The Morgan fingerprint density at radius 2 is 1.87 bits per heavy atom. The molecule has 0 radical (unpaired) electrons. The summed E-state index contributed by atoms with van der Waals surface area (Å²) >= 11 is 0. The lowest BCUT2D eigenvalue weighted by atomic mass is 9.76. The number of nitrogens with zero attached hydrogens (tertiary/aromatic N) is 2. The number of hydrogen-bond acceptors (Lipinski definition) is 1. The maximum atomic E-state index is 13.2. The number of guanidine groups is 1. The van der Waals surface area contributed by atoms with Crippen LogP contribution in [0.2, 0.25) is 0 Å². The van der Waals surface area contributed by atoms with Gasteiger partial charge in [-0.05, 0) is 55.2 Å². The van der Waals surface area contributed by atoms with Gasteiger partial charge in [0, 0.05) is 19.2 Å². The molecular formula is C17H24F2IN3. The summed E-state index contributed by atoms with van der Waals surface area (Å²) in [5.74, 6) is 0.451. The molecular weight excluding hydrogens is 411 g/mol. The van der Waals surface area contributed by atoms with E-state index in [4.69, 9.17) is 5.73 Å². The van der Waals surface area contributed by atoms with E-state index in [1.54, 1.807) is 0 Å². The predicted molar refractivity (Wildman–Crippen MR) is 99.1 cm³/mol. The Kier molecular flexibility index (Phi) is 6.22. The number of aliphatic imine (C=N–C) groups is 1. The van der Waals surface area contributed by atoms with Crippen molar-refractivity contribution in [1.82, 2.24) is 4.90 Å². The molecule has 1 saturated heterocycles. The van der Waals surface area contributed by atoms with Gasteiger partial charge >= 0.3 is 0 Å². The maximum absolute atomic E-state index is 13.2. The number of piperidine rings is 1. The maximum Gasteiger partial charge on any atom is 0.191 e. The number of likely N-dealkylation sites (tertiary alicyclic amines) is 1. The first-order valence-corrected chi connectivity index (χ1v) is 8.05. The fourth-order valence-corrected chi connectivity index (χ4v) is 3.44. The van der Waals surface area contributed by atoms with E-state index in [1.165, 1.54) is 18.6 Å². The van der Waals surface area contributed by atoms with Crippen LogP contribution >= 0.6 is 24.0 Å². The van der Waals surface area contributed by atoms with Crippen LogP contribution < -0.4 is 5.73 Å². The van der Waals surface area contributed by atoms with Gasteiger partial charge in [0.2, 0.25) is 0 Å². The average Bonchev–Trinajstić information content (AvgIpc) is 2.41. The Balaban J connectivity index is 0.00000192. The molecule has 1 aliphatic heterocycles. The van der Waals surface area contributed by atoms with Crippen LogP contribution in [0.3, 0.4) is 0 Å². The minimum Gasteiger partial charge on any atom is -0.370 e. The summed E-state index contributed by atoms with van der Waals surface area (Å²) in [4.78, 5) is 6.75. The van der Waals surface area contributed by atoms with Crippen molar-refractivity contribution in [3.05, 3.63) is 35.4 Å². The minimum atomic E-state index is -0.510. The number of halogens is 3. The average molecular weight is 435 g/mol. The normalized spacial score (nSPS) is 28.0. The van der Waals surface area contributed by atoms with Gasteiger partial charge in [-0.1, -0.05) is 6.92 Å². The van der Waals surface area contributed by atoms with Gasteiger partial charge < -0.3 is 10.6 Å². The summed E-state index contributed by atoms with van der Waals surface area (Å²) in [6, 6.07) is 3.92. The second-order valence-electron chi connectivity index (χ2n) is 6.71. The molecule has 1 saturated carbocycles. The Morgan fingerprint density at radius 3 is 2.48 bits per heavy atom. The zero-order valence-electron chi connectivity index (χ0n) is 13.3. The molecule has 1 heterocycles. The molecule has 2 fully saturated rings. The molecule has 0 bridgehead atoms. The lowest BCUT2D eigenvalue weighted by Gasteiger charge is -2.36. The van der Waals surface area contributed by atoms with Gasteiger partial charge in [0.1, 0.15) is 11.6 Å². The highest BCUT2D eigenvalue weighted by atomic mass is 127. The van der Waals surface area contributed by atoms with Crippen molar-refractivity contribution in [2.45, 2.75) is 44.6 Å². The molecule has 128 valence electrons. The van der Waals surface area contributed by atoms with E-state index in [9.17, 15) is 8.78 Å². The summed E-state index contributed by atoms with van der Waals surface area (Å²) in [5, 5.41) is 0. The summed E-state index contributed by atoms with van der Waals surface area (Å²) < 4.78 is 26.5. The van der Waals surface area contributed by atoms with E-state index >= 15 is 0 Å². The molecule has 1 aromatic carbocycles. The van der Waals surface area contributed by atoms with Crippen molar-refractivity contribution in [2.24, 2.45) is 16.6 Å². The Bertz CT molecular complexity index is 553. The summed E-state index contributed by atoms with van der Waals surface area (Å²) in [5.41, 5.74) is 6.84. The lowest BCUT2D eigenvalue weighted by molar-refractivity contribution is 0.265. The molecule has 1 aromatic rings. The molecule has 1 aliphatic carbocycles. The van der Waals surface area contributed by atoms with Gasteiger partial charge in [-0.25, -0.2) is 13.8 Å². The van der Waals surface area contributed by atoms with Crippen LogP contribution in [0.1, 0.15) is 44.1 Å². The Labute approximate surface area is 153 Å². The highest BCUT2D eigenvalue weighted by Gasteiger charge is 2.31. The third-order valence-electron chi connectivity index (χ3n) is 4.77. The van der Waals surface area contributed by atoms with Gasteiger partial charge in [0.15, 0.2) is 5.96 Å². The van der Waals surface area contributed by atoms with Crippen LogP contribution in [0, 0.1) is 17.6 Å². The molecule has 3 rings (SSSR count). The van der Waals surface area contributed by atoms with Crippen molar-refractivity contribution >= 4 is 29.9 Å². The first-order chi connectivity index (χ1) is 10.5. The third-order valence-corrected chi connectivity index (χ3v) is 4.77. The van der Waals surface area contributed by atoms with E-state index in [2.05, 4.69) is 16.8 Å². The van der Waals surface area contributed by atoms with Crippen molar-refractivity contribution in [3.8, 4) is 0 Å². The summed E-state index contributed by atoms with van der Waals surface area (Å²) in [6.07, 6.45) is 4.04. The zero-order valence-corrected chi connectivity index (χ0v) is 15.7. The van der Waals surface area contributed by atoms with Crippen LogP contribution in [0.4, 0.5) is 8.78 Å². The van der Waals surface area contributed by atoms with Crippen LogP contribution in [0.15, 0.2) is 23.2 Å². The van der Waals surface area contributed by atoms with Gasteiger partial charge in [-0.15, -0.1) is 24.0 Å². The first kappa shape index (κ1) is 18.4. The van der Waals surface area contributed by atoms with Crippen LogP contribution in [-0.2, 0) is 0 Å². The summed E-state index contributed by atoms with van der Waals surface area (Å²) in [6.45, 7) is 4.18. The van der Waals surface area contributed by atoms with Crippen molar-refractivity contribution in [2.75, 3.05) is 13.1 Å². The molecule has 3 nitrogen and oxygen atoms in total. The number of nitrogens with two attached hydrogens (primary N) is 1. The zero-order chi connectivity index (χ0) is 15.7. The van der Waals surface area contributed by atoms with Gasteiger partial charge in [-0.2, -0.15) is 0 Å². The molecule has 0 aromatic heterocycles. The molecule has 2 N–H and O–H groups in total. The fraction of sp³-hybridized carbons (Fsp3) is 0.588. The standard InChI is InChI=1S/C17H23F2N3.HI/c1-11-3-2-4-22(10-11)17(20)21-16-7-13(8-16)12-5-14(18)9-15(19)6-12;/h5-6,9,11,13,16H,2-4,7-8,10H2,1H3,(H2,20,21);1H. The Hall–Kier alpha value is -0.920. The topological polar surface area (TPSA) is 41.6 Å². The van der Waals surface area contributed by atoms with E-state index in [0.717, 1.165) is 44.0 Å². The largest absolute Gasteiger partial charge is 0.370 e. The second kappa shape index (κ2) is 7.77. The van der Waals surface area contributed by atoms with E-state index in [-0.39, 0.29) is 35.9 Å². The monoisotopic (exact) mass is 435 g/mol. The third kappa shape index (κ3) is 4.55. The molecule has 1 atom stereocenters. The number of hydrogen-bond donors (Lipinski definition) is 1. The van der Waals surface area contributed by atoms with Gasteiger partial charge in [0.25, 0.3) is 0 Å². The van der Waals surface area contributed by atoms with Crippen molar-refractivity contribution in [1.29, 1.82) is 0 Å². The first-order valence-electron chi connectivity index (χ1n) is 8.05. The quantitative estimate of drug-likeness (QED) is 0.436. The molecule has 0 spiro atoms. The molecule has 0 amide bonds. The second-order valence-corrected chi connectivity index (χ2v) is 6.71. The van der Waals surface area contributed by atoms with Crippen molar-refractivity contribution < 1.29 is 8.78 Å². The predicted octanol–water partition coefficient (Wildman–Crippen LogP) is 3.88. The highest BCUT2D eigenvalue weighted by molar-refractivity contribution is 14.0. The minimum absolute atomic E-state index is 0. The SMILES string of the molecule is CC1CCCN(C(N)=NC2CC(c3cc(F)cc(F)c3)C2)C1.I. The number of rotatable bonds is 2. The van der Waals surface area contributed by atoms with Gasteiger partial charge in [-0.3, -0.25) is 0 Å². The lowest BCUT2D eigenvalue weighted by Crippen LogP contribution is -2.44. The van der Waals surface area contributed by atoms with Crippen molar-refractivity contribution in [3.63, 3.8) is 0 Å². The fourth-order valence-electron chi connectivity index (χ4n) is 3.44. The molecule has 23 heavy (non-hydrogen) atoms. The van der Waals surface area contributed by atoms with Gasteiger partial charge in [0.05, 0.1) is 6.04 Å². The summed E-state index contributed by atoms with van der Waals surface area (Å²) in [7, 11) is 0. The molecule has 2 aliphatic rings. The smallest absolute Gasteiger partial charge is 0.191 e.